The molecule has 0 fully saturated rings. The second-order valence-corrected chi connectivity index (χ2v) is 7.04. The van der Waals surface area contributed by atoms with E-state index in [-0.39, 0.29) is 11.8 Å². The third kappa shape index (κ3) is 5.03. The number of halogens is 1. The Hall–Kier alpha value is -2.96. The molecule has 27 heavy (non-hydrogen) atoms. The van der Waals surface area contributed by atoms with Crippen molar-refractivity contribution in [2.24, 2.45) is 5.10 Å². The third-order valence-electron chi connectivity index (χ3n) is 3.72. The molecule has 0 saturated carbocycles. The van der Waals surface area contributed by atoms with E-state index in [1.807, 2.05) is 23.6 Å². The zero-order valence-corrected chi connectivity index (χ0v) is 16.0. The first kappa shape index (κ1) is 18.8. The number of anilines is 1. The van der Waals surface area contributed by atoms with Crippen molar-refractivity contribution in [3.63, 3.8) is 0 Å². The van der Waals surface area contributed by atoms with Crippen LogP contribution in [0.1, 0.15) is 32.5 Å². The van der Waals surface area contributed by atoms with Crippen molar-refractivity contribution in [3.05, 3.63) is 87.1 Å². The fourth-order valence-corrected chi connectivity index (χ4v) is 3.10. The number of amides is 2. The maximum atomic E-state index is 12.1. The first-order valence-corrected chi connectivity index (χ1v) is 9.34. The van der Waals surface area contributed by atoms with Gasteiger partial charge in [0.15, 0.2) is 0 Å². The zero-order valence-electron chi connectivity index (χ0n) is 14.4. The molecule has 3 rings (SSSR count). The molecule has 3 aromatic rings. The normalized spacial score (nSPS) is 11.1. The van der Waals surface area contributed by atoms with E-state index >= 15 is 0 Å². The van der Waals surface area contributed by atoms with E-state index in [4.69, 9.17) is 11.6 Å². The summed E-state index contributed by atoms with van der Waals surface area (Å²) in [6.07, 6.45) is 0. The first-order chi connectivity index (χ1) is 13.0. The van der Waals surface area contributed by atoms with Crippen molar-refractivity contribution in [2.75, 3.05) is 5.32 Å². The SMILES string of the molecule is C/C(=N\NC(=O)c1cccc(Cl)c1)c1ccc(NC(=O)c2cccs2)cc1. The minimum atomic E-state index is -0.336. The lowest BCUT2D eigenvalue weighted by atomic mass is 10.1. The molecule has 0 bridgehead atoms. The van der Waals surface area contributed by atoms with Gasteiger partial charge in [-0.15, -0.1) is 11.3 Å². The average Bonchev–Trinajstić information content (AvgIpc) is 3.21. The van der Waals surface area contributed by atoms with Gasteiger partial charge in [0.2, 0.25) is 0 Å². The largest absolute Gasteiger partial charge is 0.321 e. The highest BCUT2D eigenvalue weighted by Crippen LogP contribution is 2.15. The second-order valence-electron chi connectivity index (χ2n) is 5.66. The molecule has 2 aromatic carbocycles. The van der Waals surface area contributed by atoms with E-state index < -0.39 is 0 Å². The second kappa shape index (κ2) is 8.62. The molecular formula is C20H16ClN3O2S. The van der Waals surface area contributed by atoms with Crippen molar-refractivity contribution < 1.29 is 9.59 Å². The van der Waals surface area contributed by atoms with Crippen LogP contribution in [0.3, 0.4) is 0 Å². The van der Waals surface area contributed by atoms with Crippen LogP contribution < -0.4 is 10.7 Å². The topological polar surface area (TPSA) is 70.6 Å². The van der Waals surface area contributed by atoms with Crippen LogP contribution in [-0.2, 0) is 0 Å². The number of nitrogens with one attached hydrogen (secondary N) is 2. The van der Waals surface area contributed by atoms with E-state index in [1.54, 1.807) is 49.4 Å². The monoisotopic (exact) mass is 397 g/mol. The van der Waals surface area contributed by atoms with Crippen LogP contribution in [-0.4, -0.2) is 17.5 Å². The summed E-state index contributed by atoms with van der Waals surface area (Å²) in [5.41, 5.74) is 5.10. The Labute approximate surface area is 165 Å². The predicted molar refractivity (Wildman–Crippen MR) is 110 cm³/mol. The molecule has 0 saturated heterocycles. The standard InChI is InChI=1S/C20H16ClN3O2S/c1-13(23-24-19(25)15-4-2-5-16(21)12-15)14-7-9-17(10-8-14)22-20(26)18-6-3-11-27-18/h2-12H,1H3,(H,22,26)(H,24,25)/b23-13+. The molecule has 1 heterocycles. The highest BCUT2D eigenvalue weighted by molar-refractivity contribution is 7.12. The maximum absolute atomic E-state index is 12.1. The lowest BCUT2D eigenvalue weighted by molar-refractivity contribution is 0.0954. The van der Waals surface area contributed by atoms with Gasteiger partial charge in [-0.3, -0.25) is 9.59 Å². The minimum Gasteiger partial charge on any atom is -0.321 e. The van der Waals surface area contributed by atoms with Gasteiger partial charge in [0.25, 0.3) is 11.8 Å². The molecular weight excluding hydrogens is 382 g/mol. The Morgan fingerprint density at radius 2 is 1.74 bits per heavy atom. The van der Waals surface area contributed by atoms with Crippen LogP contribution >= 0.6 is 22.9 Å². The number of hydrazone groups is 1. The summed E-state index contributed by atoms with van der Waals surface area (Å²) in [5.74, 6) is -0.478. The number of hydrogen-bond donors (Lipinski definition) is 2. The van der Waals surface area contributed by atoms with Gasteiger partial charge in [-0.1, -0.05) is 35.9 Å². The van der Waals surface area contributed by atoms with Crippen LogP contribution in [0.5, 0.6) is 0 Å². The Kier molecular flexibility index (Phi) is 6.01. The molecule has 2 amide bonds. The summed E-state index contributed by atoms with van der Waals surface area (Å²) in [6.45, 7) is 1.79. The molecule has 0 aliphatic heterocycles. The summed E-state index contributed by atoms with van der Waals surface area (Å²) in [6, 6.07) is 17.5. The molecule has 2 N–H and O–H groups in total. The van der Waals surface area contributed by atoms with Crippen LogP contribution in [0.4, 0.5) is 5.69 Å². The average molecular weight is 398 g/mol. The van der Waals surface area contributed by atoms with Gasteiger partial charge in [0.1, 0.15) is 0 Å². The van der Waals surface area contributed by atoms with Crippen LogP contribution in [0, 0.1) is 0 Å². The molecule has 1 aromatic heterocycles. The Morgan fingerprint density at radius 3 is 2.41 bits per heavy atom. The summed E-state index contributed by atoms with van der Waals surface area (Å²) in [7, 11) is 0. The van der Waals surface area contributed by atoms with Gasteiger partial charge in [-0.05, 0) is 54.3 Å². The van der Waals surface area contributed by atoms with Gasteiger partial charge in [0.05, 0.1) is 10.6 Å². The smallest absolute Gasteiger partial charge is 0.271 e. The van der Waals surface area contributed by atoms with E-state index in [2.05, 4.69) is 15.8 Å². The van der Waals surface area contributed by atoms with Crippen molar-refractivity contribution >= 4 is 46.2 Å². The van der Waals surface area contributed by atoms with Crippen LogP contribution in [0.25, 0.3) is 0 Å². The van der Waals surface area contributed by atoms with E-state index in [1.165, 1.54) is 11.3 Å². The van der Waals surface area contributed by atoms with Crippen LogP contribution in [0.2, 0.25) is 5.02 Å². The highest BCUT2D eigenvalue weighted by Gasteiger charge is 2.08. The van der Waals surface area contributed by atoms with Gasteiger partial charge in [-0.2, -0.15) is 5.10 Å². The Morgan fingerprint density at radius 1 is 0.963 bits per heavy atom. The highest BCUT2D eigenvalue weighted by atomic mass is 35.5. The molecule has 0 unspecified atom stereocenters. The lowest BCUT2D eigenvalue weighted by Crippen LogP contribution is -2.19. The van der Waals surface area contributed by atoms with E-state index in [0.29, 0.717) is 26.9 Å². The Balaban J connectivity index is 1.63. The van der Waals surface area contributed by atoms with Crippen molar-refractivity contribution in [3.8, 4) is 0 Å². The molecule has 0 radical (unpaired) electrons. The Bertz CT molecular complexity index is 983. The molecule has 136 valence electrons. The number of carbonyl (C=O) groups is 2. The molecule has 0 aliphatic rings. The molecule has 0 atom stereocenters. The third-order valence-corrected chi connectivity index (χ3v) is 4.82. The summed E-state index contributed by atoms with van der Waals surface area (Å²) in [5, 5.41) is 9.30. The van der Waals surface area contributed by atoms with Crippen molar-refractivity contribution in [1.29, 1.82) is 0 Å². The number of rotatable bonds is 5. The van der Waals surface area contributed by atoms with Gasteiger partial charge < -0.3 is 5.32 Å². The number of thiophene rings is 1. The van der Waals surface area contributed by atoms with Crippen molar-refractivity contribution in [2.45, 2.75) is 6.92 Å². The summed E-state index contributed by atoms with van der Waals surface area (Å²) >= 11 is 7.27. The van der Waals surface area contributed by atoms with Crippen LogP contribution in [0.15, 0.2) is 71.1 Å². The summed E-state index contributed by atoms with van der Waals surface area (Å²) < 4.78 is 0. The number of carbonyl (C=O) groups excluding carboxylic acids is 2. The van der Waals surface area contributed by atoms with Gasteiger partial charge >= 0.3 is 0 Å². The molecule has 7 heteroatoms. The van der Waals surface area contributed by atoms with Gasteiger partial charge in [0, 0.05) is 16.3 Å². The fraction of sp³-hybridized carbons (Fsp3) is 0.0500. The molecule has 5 nitrogen and oxygen atoms in total. The minimum absolute atomic E-state index is 0.142. The quantitative estimate of drug-likeness (QED) is 0.479. The van der Waals surface area contributed by atoms with Crippen molar-refractivity contribution in [1.82, 2.24) is 5.43 Å². The van der Waals surface area contributed by atoms with E-state index in [0.717, 1.165) is 5.56 Å². The fourth-order valence-electron chi connectivity index (χ4n) is 2.29. The zero-order chi connectivity index (χ0) is 19.2. The molecule has 0 spiro atoms. The summed E-state index contributed by atoms with van der Waals surface area (Å²) in [4.78, 5) is 24.8. The number of benzene rings is 2. The van der Waals surface area contributed by atoms with Gasteiger partial charge in [-0.25, -0.2) is 5.43 Å². The predicted octanol–water partition coefficient (Wildman–Crippen LogP) is 4.81. The number of hydrogen-bond acceptors (Lipinski definition) is 4. The first-order valence-electron chi connectivity index (χ1n) is 8.08. The van der Waals surface area contributed by atoms with E-state index in [9.17, 15) is 9.59 Å². The maximum Gasteiger partial charge on any atom is 0.271 e. The lowest BCUT2D eigenvalue weighted by Gasteiger charge is -2.06. The molecule has 0 aliphatic carbocycles. The number of nitrogens with zero attached hydrogens (tertiary/aromatic N) is 1.